The van der Waals surface area contributed by atoms with Crippen LogP contribution in [0.4, 0.5) is 5.69 Å². The molecule has 0 aliphatic carbocycles. The summed E-state index contributed by atoms with van der Waals surface area (Å²) in [4.78, 5) is 43.5. The van der Waals surface area contributed by atoms with Crippen molar-refractivity contribution in [3.63, 3.8) is 0 Å². The number of nitrogens with zero attached hydrogens (tertiary/aromatic N) is 3. The lowest BCUT2D eigenvalue weighted by Crippen LogP contribution is -2.42. The van der Waals surface area contributed by atoms with Crippen molar-refractivity contribution in [1.29, 1.82) is 5.26 Å². The summed E-state index contributed by atoms with van der Waals surface area (Å²) in [5, 5.41) is 13.2. The molecular weight excluding hydrogens is 526 g/mol. The molecule has 3 N–H and O–H groups in total. The number of carbonyl (C=O) groups excluding carboxylic acids is 3. The van der Waals surface area contributed by atoms with Crippen LogP contribution in [0.2, 0.25) is 0 Å². The molecule has 0 spiro atoms. The summed E-state index contributed by atoms with van der Waals surface area (Å²) in [6.45, 7) is 4.34. The number of amides is 1. The third kappa shape index (κ3) is 6.24. The van der Waals surface area contributed by atoms with Crippen LogP contribution < -0.4 is 16.0 Å². The first-order valence-electron chi connectivity index (χ1n) is 13.3. The van der Waals surface area contributed by atoms with Gasteiger partial charge in [-0.15, -0.1) is 0 Å². The molecule has 214 valence electrons. The number of ether oxygens (including phenoxy) is 3. The molecule has 2 aliphatic heterocycles. The molecule has 1 saturated heterocycles. The first-order chi connectivity index (χ1) is 19.9. The van der Waals surface area contributed by atoms with E-state index in [0.717, 1.165) is 26.1 Å². The van der Waals surface area contributed by atoms with E-state index in [2.05, 4.69) is 16.3 Å². The van der Waals surface area contributed by atoms with Gasteiger partial charge in [0.25, 0.3) is 5.91 Å². The fourth-order valence-corrected chi connectivity index (χ4v) is 5.05. The molecule has 1 atom stereocenters. The summed E-state index contributed by atoms with van der Waals surface area (Å²) in [5.74, 6) is -3.23. The van der Waals surface area contributed by atoms with Gasteiger partial charge in [0.2, 0.25) is 0 Å². The molecule has 2 aromatic carbocycles. The molecule has 11 heteroatoms. The Kier molecular flexibility index (Phi) is 9.73. The quantitative estimate of drug-likeness (QED) is 0.345. The first-order valence-corrected chi connectivity index (χ1v) is 13.3. The van der Waals surface area contributed by atoms with Crippen molar-refractivity contribution < 1.29 is 28.6 Å². The fraction of sp³-hybridized carbons (Fsp3) is 0.333. The van der Waals surface area contributed by atoms with Gasteiger partial charge >= 0.3 is 11.9 Å². The van der Waals surface area contributed by atoms with Crippen molar-refractivity contribution >= 4 is 23.5 Å². The number of methoxy groups -OCH3 is 2. The summed E-state index contributed by atoms with van der Waals surface area (Å²) >= 11 is 0. The second-order valence-corrected chi connectivity index (χ2v) is 9.42. The normalized spacial score (nSPS) is 17.6. The third-order valence-corrected chi connectivity index (χ3v) is 7.04. The minimum absolute atomic E-state index is 0.0185. The zero-order chi connectivity index (χ0) is 29.4. The van der Waals surface area contributed by atoms with Crippen LogP contribution in [0.3, 0.4) is 0 Å². The lowest BCUT2D eigenvalue weighted by atomic mass is 9.80. The van der Waals surface area contributed by atoms with E-state index in [4.69, 9.17) is 19.9 Å². The molecule has 2 heterocycles. The molecule has 4 rings (SSSR count). The third-order valence-electron chi connectivity index (χ3n) is 7.04. The van der Waals surface area contributed by atoms with E-state index in [-0.39, 0.29) is 33.9 Å². The summed E-state index contributed by atoms with van der Waals surface area (Å²) in [6.07, 6.45) is 0.733. The number of benzene rings is 2. The number of carbonyl (C=O) groups is 3. The monoisotopic (exact) mass is 559 g/mol. The second-order valence-electron chi connectivity index (χ2n) is 9.42. The van der Waals surface area contributed by atoms with Crippen LogP contribution in [0.15, 0.2) is 77.3 Å². The van der Waals surface area contributed by atoms with Crippen molar-refractivity contribution in [2.75, 3.05) is 58.5 Å². The van der Waals surface area contributed by atoms with Gasteiger partial charge in [-0.25, -0.2) is 9.59 Å². The number of hydrogen-bond acceptors (Lipinski definition) is 10. The minimum atomic E-state index is -1.000. The predicted molar refractivity (Wildman–Crippen MR) is 150 cm³/mol. The van der Waals surface area contributed by atoms with Crippen LogP contribution in [-0.4, -0.2) is 76.4 Å². The fourth-order valence-electron chi connectivity index (χ4n) is 5.05. The van der Waals surface area contributed by atoms with Gasteiger partial charge in [0.05, 0.1) is 61.8 Å². The lowest BCUT2D eigenvalue weighted by molar-refractivity contribution is -0.139. The van der Waals surface area contributed by atoms with E-state index in [0.29, 0.717) is 25.3 Å². The Morgan fingerprint density at radius 1 is 1.02 bits per heavy atom. The number of allylic oxidation sites excluding steroid dienone is 1. The largest absolute Gasteiger partial charge is 0.466 e. The van der Waals surface area contributed by atoms with E-state index in [1.54, 1.807) is 54.6 Å². The average Bonchev–Trinajstić information content (AvgIpc) is 3.02. The number of anilines is 1. The number of morpholine rings is 1. The Labute approximate surface area is 238 Å². The minimum Gasteiger partial charge on any atom is -0.466 e. The maximum Gasteiger partial charge on any atom is 0.355 e. The zero-order valence-corrected chi connectivity index (χ0v) is 23.1. The lowest BCUT2D eigenvalue weighted by Gasteiger charge is -2.36. The number of nitriles is 1. The van der Waals surface area contributed by atoms with Gasteiger partial charge in [0.1, 0.15) is 11.5 Å². The highest BCUT2D eigenvalue weighted by atomic mass is 16.5. The smallest absolute Gasteiger partial charge is 0.355 e. The Morgan fingerprint density at radius 3 is 2.34 bits per heavy atom. The van der Waals surface area contributed by atoms with E-state index >= 15 is 0 Å². The average molecular weight is 560 g/mol. The molecule has 2 aromatic rings. The van der Waals surface area contributed by atoms with Gasteiger partial charge < -0.3 is 25.3 Å². The Balaban J connectivity index is 1.76. The molecule has 1 fully saturated rings. The van der Waals surface area contributed by atoms with Crippen LogP contribution in [0.5, 0.6) is 0 Å². The molecule has 0 bridgehead atoms. The van der Waals surface area contributed by atoms with E-state index in [1.165, 1.54) is 19.1 Å². The predicted octanol–water partition coefficient (Wildman–Crippen LogP) is 2.04. The summed E-state index contributed by atoms with van der Waals surface area (Å²) in [5.41, 5.74) is 7.20. The molecule has 0 saturated carbocycles. The van der Waals surface area contributed by atoms with Crippen molar-refractivity contribution in [3.05, 3.63) is 88.4 Å². The van der Waals surface area contributed by atoms with Crippen molar-refractivity contribution in [3.8, 4) is 6.07 Å². The number of para-hydroxylation sites is 1. The Hall–Kier alpha value is -4.66. The number of rotatable bonds is 9. The first kappa shape index (κ1) is 29.3. The van der Waals surface area contributed by atoms with E-state index < -0.39 is 23.8 Å². The highest BCUT2D eigenvalue weighted by Gasteiger charge is 2.43. The number of hydrogen-bond donors (Lipinski definition) is 2. The van der Waals surface area contributed by atoms with Crippen molar-refractivity contribution in [1.82, 2.24) is 10.2 Å². The van der Waals surface area contributed by atoms with Gasteiger partial charge in [-0.3, -0.25) is 14.6 Å². The molecule has 1 unspecified atom stereocenters. The maximum absolute atomic E-state index is 13.4. The summed E-state index contributed by atoms with van der Waals surface area (Å²) in [6, 6.07) is 17.4. The highest BCUT2D eigenvalue weighted by molar-refractivity contribution is 6.08. The van der Waals surface area contributed by atoms with Gasteiger partial charge in [-0.1, -0.05) is 42.5 Å². The SMILES string of the molecule is COC(=O)C1=C(C(=O)OC)N(c2ccccc2C(=O)NCCCN2CCOCC2)C(N)=C(C#N)C1c1ccccc1. The molecule has 0 aromatic heterocycles. The van der Waals surface area contributed by atoms with Gasteiger partial charge in [-0.2, -0.15) is 5.26 Å². The summed E-state index contributed by atoms with van der Waals surface area (Å²) < 4.78 is 15.5. The zero-order valence-electron chi connectivity index (χ0n) is 23.1. The number of esters is 2. The van der Waals surface area contributed by atoms with Crippen molar-refractivity contribution in [2.24, 2.45) is 5.73 Å². The van der Waals surface area contributed by atoms with Gasteiger partial charge in [-0.05, 0) is 30.7 Å². The Bertz CT molecular complexity index is 1390. The number of nitrogens with two attached hydrogens (primary N) is 1. The van der Waals surface area contributed by atoms with Crippen LogP contribution in [0.25, 0.3) is 0 Å². The van der Waals surface area contributed by atoms with Crippen molar-refractivity contribution in [2.45, 2.75) is 12.3 Å². The molecule has 1 amide bonds. The highest BCUT2D eigenvalue weighted by Crippen LogP contribution is 2.43. The molecular formula is C30H33N5O6. The van der Waals surface area contributed by atoms with Crippen LogP contribution in [0.1, 0.15) is 28.3 Å². The van der Waals surface area contributed by atoms with E-state index in [9.17, 15) is 19.6 Å². The molecule has 41 heavy (non-hydrogen) atoms. The second kappa shape index (κ2) is 13.6. The maximum atomic E-state index is 13.4. The Morgan fingerprint density at radius 2 is 1.68 bits per heavy atom. The van der Waals surface area contributed by atoms with Crippen LogP contribution >= 0.6 is 0 Å². The van der Waals surface area contributed by atoms with Gasteiger partial charge in [0, 0.05) is 19.6 Å². The summed E-state index contributed by atoms with van der Waals surface area (Å²) in [7, 11) is 2.36. The standard InChI is InChI=1S/C30H33N5O6/c1-39-29(37)25-24(20-9-4-3-5-10-20)22(19-31)27(32)35(26(25)30(38)40-2)23-12-7-6-11-21(23)28(36)33-13-8-14-34-15-17-41-18-16-34/h3-7,9-12,24H,8,13-18,32H2,1-2H3,(H,33,36). The van der Waals surface area contributed by atoms with E-state index in [1.807, 2.05) is 0 Å². The molecule has 2 aliphatic rings. The molecule has 0 radical (unpaired) electrons. The number of nitrogens with one attached hydrogen (secondary N) is 1. The topological polar surface area (TPSA) is 147 Å². The van der Waals surface area contributed by atoms with Gasteiger partial charge in [0.15, 0.2) is 0 Å². The van der Waals surface area contributed by atoms with Crippen LogP contribution in [-0.2, 0) is 23.8 Å². The molecule has 11 nitrogen and oxygen atoms in total. The van der Waals surface area contributed by atoms with Crippen LogP contribution in [0, 0.1) is 11.3 Å².